The molecule has 1 aliphatic rings. The summed E-state index contributed by atoms with van der Waals surface area (Å²) in [5.74, 6) is -2.59. The summed E-state index contributed by atoms with van der Waals surface area (Å²) in [6.45, 7) is 11.4. The number of rotatable bonds is 10. The van der Waals surface area contributed by atoms with Crippen LogP contribution in [0, 0.1) is 17.8 Å². The van der Waals surface area contributed by atoms with Crippen LogP contribution in [-0.4, -0.2) is 64.4 Å². The summed E-state index contributed by atoms with van der Waals surface area (Å²) in [5, 5.41) is 14.6. The van der Waals surface area contributed by atoms with Crippen LogP contribution in [0.1, 0.15) is 60.8 Å². The Morgan fingerprint density at radius 2 is 1.63 bits per heavy atom. The Labute approximate surface area is 179 Å². The van der Waals surface area contributed by atoms with Crippen LogP contribution < -0.4 is 16.4 Å². The average molecular weight is 427 g/mol. The van der Waals surface area contributed by atoms with Crippen LogP contribution in [0.5, 0.6) is 0 Å². The Morgan fingerprint density at radius 1 is 1.03 bits per heavy atom. The lowest BCUT2D eigenvalue weighted by Gasteiger charge is -2.30. The van der Waals surface area contributed by atoms with Crippen LogP contribution in [0.3, 0.4) is 0 Å². The van der Waals surface area contributed by atoms with Crippen molar-refractivity contribution in [3.63, 3.8) is 0 Å². The SMILES string of the molecule is CC(C)C[C@H](NC(=O)[C@@H]1CCCN1C(=O)[C@@H](N)C(C)C)C(=O)N[C@H](C(=O)O)C(C)C. The molecular weight excluding hydrogens is 388 g/mol. The molecule has 0 aromatic rings. The third kappa shape index (κ3) is 6.97. The van der Waals surface area contributed by atoms with Crippen molar-refractivity contribution in [2.75, 3.05) is 6.54 Å². The van der Waals surface area contributed by atoms with Crippen LogP contribution in [0.15, 0.2) is 0 Å². The first-order valence-corrected chi connectivity index (χ1v) is 10.8. The Hall–Kier alpha value is -2.16. The van der Waals surface area contributed by atoms with Gasteiger partial charge in [0.2, 0.25) is 17.7 Å². The molecule has 0 aliphatic carbocycles. The van der Waals surface area contributed by atoms with Gasteiger partial charge in [-0.25, -0.2) is 4.79 Å². The number of amides is 3. The highest BCUT2D eigenvalue weighted by Gasteiger charge is 2.38. The second-order valence-electron chi connectivity index (χ2n) is 9.22. The minimum Gasteiger partial charge on any atom is -0.480 e. The van der Waals surface area contributed by atoms with E-state index in [9.17, 15) is 24.3 Å². The number of nitrogens with zero attached hydrogens (tertiary/aromatic N) is 1. The van der Waals surface area contributed by atoms with Crippen LogP contribution >= 0.6 is 0 Å². The molecule has 5 N–H and O–H groups in total. The van der Waals surface area contributed by atoms with Crippen LogP contribution in [0.25, 0.3) is 0 Å². The normalized spacial score (nSPS) is 19.7. The van der Waals surface area contributed by atoms with Crippen molar-refractivity contribution in [1.29, 1.82) is 0 Å². The third-order valence-electron chi connectivity index (χ3n) is 5.41. The third-order valence-corrected chi connectivity index (χ3v) is 5.41. The van der Waals surface area contributed by atoms with Crippen LogP contribution in [-0.2, 0) is 19.2 Å². The van der Waals surface area contributed by atoms with Gasteiger partial charge in [0.15, 0.2) is 0 Å². The summed E-state index contributed by atoms with van der Waals surface area (Å²) in [6.07, 6.45) is 1.54. The van der Waals surface area contributed by atoms with Gasteiger partial charge in [-0.15, -0.1) is 0 Å². The van der Waals surface area contributed by atoms with E-state index in [1.165, 1.54) is 4.90 Å². The fourth-order valence-corrected chi connectivity index (χ4v) is 3.52. The zero-order valence-corrected chi connectivity index (χ0v) is 19.0. The molecule has 1 rings (SSSR count). The van der Waals surface area contributed by atoms with Gasteiger partial charge in [0.05, 0.1) is 6.04 Å². The number of aliphatic carboxylic acids is 1. The highest BCUT2D eigenvalue weighted by Crippen LogP contribution is 2.20. The van der Waals surface area contributed by atoms with E-state index in [1.807, 2.05) is 27.7 Å². The summed E-state index contributed by atoms with van der Waals surface area (Å²) >= 11 is 0. The molecule has 0 aromatic carbocycles. The van der Waals surface area contributed by atoms with Crippen molar-refractivity contribution in [2.45, 2.75) is 85.0 Å². The van der Waals surface area contributed by atoms with Crippen LogP contribution in [0.2, 0.25) is 0 Å². The van der Waals surface area contributed by atoms with E-state index < -0.39 is 42.0 Å². The number of likely N-dealkylation sites (tertiary alicyclic amines) is 1. The molecule has 9 heteroatoms. The molecular formula is C21H38N4O5. The number of carboxylic acid groups (broad SMARTS) is 1. The smallest absolute Gasteiger partial charge is 0.326 e. The van der Waals surface area contributed by atoms with Crippen molar-refractivity contribution in [3.8, 4) is 0 Å². The molecule has 30 heavy (non-hydrogen) atoms. The average Bonchev–Trinajstić information content (AvgIpc) is 3.12. The zero-order valence-electron chi connectivity index (χ0n) is 19.0. The minimum absolute atomic E-state index is 0.0507. The fourth-order valence-electron chi connectivity index (χ4n) is 3.52. The lowest BCUT2D eigenvalue weighted by molar-refractivity contribution is -0.144. The number of nitrogens with two attached hydrogens (primary N) is 1. The lowest BCUT2D eigenvalue weighted by Crippen LogP contribution is -2.57. The predicted molar refractivity (Wildman–Crippen MR) is 113 cm³/mol. The number of nitrogens with one attached hydrogen (secondary N) is 2. The highest BCUT2D eigenvalue weighted by molar-refractivity contribution is 5.94. The van der Waals surface area contributed by atoms with E-state index in [1.54, 1.807) is 13.8 Å². The Balaban J connectivity index is 2.93. The van der Waals surface area contributed by atoms with Gasteiger partial charge in [-0.2, -0.15) is 0 Å². The van der Waals surface area contributed by atoms with Crippen molar-refractivity contribution in [3.05, 3.63) is 0 Å². The summed E-state index contributed by atoms with van der Waals surface area (Å²) in [4.78, 5) is 51.3. The minimum atomic E-state index is -1.12. The first kappa shape index (κ1) is 25.9. The first-order valence-electron chi connectivity index (χ1n) is 10.8. The van der Waals surface area contributed by atoms with Gasteiger partial charge in [0.25, 0.3) is 0 Å². The molecule has 0 unspecified atom stereocenters. The van der Waals surface area contributed by atoms with Crippen LogP contribution in [0.4, 0.5) is 0 Å². The van der Waals surface area contributed by atoms with Crippen molar-refractivity contribution < 1.29 is 24.3 Å². The fraction of sp³-hybridized carbons (Fsp3) is 0.810. The molecule has 9 nitrogen and oxygen atoms in total. The number of hydrogen-bond acceptors (Lipinski definition) is 5. The molecule has 0 bridgehead atoms. The van der Waals surface area contributed by atoms with Gasteiger partial charge in [0, 0.05) is 6.54 Å². The maximum atomic E-state index is 13.0. The largest absolute Gasteiger partial charge is 0.480 e. The molecule has 4 atom stereocenters. The van der Waals surface area contributed by atoms with E-state index in [0.29, 0.717) is 25.8 Å². The molecule has 0 radical (unpaired) electrons. The van der Waals surface area contributed by atoms with E-state index >= 15 is 0 Å². The molecule has 1 fully saturated rings. The Morgan fingerprint density at radius 3 is 2.10 bits per heavy atom. The van der Waals surface area contributed by atoms with Gasteiger partial charge >= 0.3 is 5.97 Å². The molecule has 0 saturated carbocycles. The lowest BCUT2D eigenvalue weighted by atomic mass is 10.00. The number of hydrogen-bond donors (Lipinski definition) is 4. The number of carbonyl (C=O) groups excluding carboxylic acids is 3. The topological polar surface area (TPSA) is 142 Å². The standard InChI is InChI=1S/C21H38N4O5/c1-11(2)10-14(18(26)24-17(13(5)6)21(29)30)23-19(27)15-8-7-9-25(15)20(28)16(22)12(3)4/h11-17H,7-10,22H2,1-6H3,(H,23,27)(H,24,26)(H,29,30)/t14-,15-,16-,17-/m0/s1. The quantitative estimate of drug-likeness (QED) is 0.405. The summed E-state index contributed by atoms with van der Waals surface area (Å²) in [7, 11) is 0. The van der Waals surface area contributed by atoms with Gasteiger partial charge in [-0.05, 0) is 37.0 Å². The number of carboxylic acids is 1. The molecule has 1 saturated heterocycles. The maximum absolute atomic E-state index is 13.0. The van der Waals surface area contributed by atoms with Gasteiger partial charge in [-0.3, -0.25) is 14.4 Å². The zero-order chi connectivity index (χ0) is 23.2. The molecule has 172 valence electrons. The van der Waals surface area contributed by atoms with Gasteiger partial charge < -0.3 is 26.4 Å². The Kier molecular flexibility index (Phi) is 9.74. The molecule has 0 spiro atoms. The first-order chi connectivity index (χ1) is 13.9. The molecule has 3 amide bonds. The predicted octanol–water partition coefficient (Wildman–Crippen LogP) is 0.717. The maximum Gasteiger partial charge on any atom is 0.326 e. The highest BCUT2D eigenvalue weighted by atomic mass is 16.4. The number of carbonyl (C=O) groups is 4. The monoisotopic (exact) mass is 426 g/mol. The second-order valence-corrected chi connectivity index (χ2v) is 9.22. The van der Waals surface area contributed by atoms with Gasteiger partial charge in [0.1, 0.15) is 18.1 Å². The van der Waals surface area contributed by atoms with Crippen molar-refractivity contribution >= 4 is 23.7 Å². The van der Waals surface area contributed by atoms with E-state index in [0.717, 1.165) is 0 Å². The molecule has 1 heterocycles. The van der Waals surface area contributed by atoms with Crippen molar-refractivity contribution in [1.82, 2.24) is 15.5 Å². The second kappa shape index (κ2) is 11.3. The summed E-state index contributed by atoms with van der Waals surface area (Å²) < 4.78 is 0. The summed E-state index contributed by atoms with van der Waals surface area (Å²) in [6, 6.07) is -3.28. The molecule has 1 aliphatic heterocycles. The summed E-state index contributed by atoms with van der Waals surface area (Å²) in [5.41, 5.74) is 5.99. The van der Waals surface area contributed by atoms with Crippen molar-refractivity contribution in [2.24, 2.45) is 23.5 Å². The Bertz CT molecular complexity index is 635. The molecule has 0 aromatic heterocycles. The van der Waals surface area contributed by atoms with E-state index in [2.05, 4.69) is 10.6 Å². The van der Waals surface area contributed by atoms with E-state index in [-0.39, 0.29) is 23.7 Å². The van der Waals surface area contributed by atoms with Gasteiger partial charge in [-0.1, -0.05) is 41.5 Å². The van der Waals surface area contributed by atoms with E-state index in [4.69, 9.17) is 5.73 Å².